The SMILES string of the molecule is CC(OC(C)(C)C)C1=[C-]CC=C1.[Cl-].[Cl-].[Ti+3]. The van der Waals surface area contributed by atoms with Gasteiger partial charge in [-0.3, -0.25) is 6.08 Å². The topological polar surface area (TPSA) is 9.23 Å². The second-order valence-electron chi connectivity index (χ2n) is 4.11. The van der Waals surface area contributed by atoms with Gasteiger partial charge in [0.05, 0.1) is 5.60 Å². The van der Waals surface area contributed by atoms with E-state index in [1.807, 2.05) is 0 Å². The van der Waals surface area contributed by atoms with E-state index in [0.717, 1.165) is 6.42 Å². The van der Waals surface area contributed by atoms with Crippen molar-refractivity contribution in [1.82, 2.24) is 0 Å². The molecule has 1 rings (SSSR count). The van der Waals surface area contributed by atoms with Crippen molar-refractivity contribution in [3.63, 3.8) is 0 Å². The number of halogens is 2. The van der Waals surface area contributed by atoms with Crippen molar-refractivity contribution in [2.75, 3.05) is 0 Å². The van der Waals surface area contributed by atoms with E-state index >= 15 is 0 Å². The Labute approximate surface area is 120 Å². The molecule has 15 heavy (non-hydrogen) atoms. The van der Waals surface area contributed by atoms with Gasteiger partial charge in [0.25, 0.3) is 0 Å². The Morgan fingerprint density at radius 2 is 1.87 bits per heavy atom. The summed E-state index contributed by atoms with van der Waals surface area (Å²) in [4.78, 5) is 0. The van der Waals surface area contributed by atoms with Crippen molar-refractivity contribution in [1.29, 1.82) is 0 Å². The van der Waals surface area contributed by atoms with E-state index in [1.165, 1.54) is 5.57 Å². The van der Waals surface area contributed by atoms with E-state index in [4.69, 9.17) is 4.74 Å². The third-order valence-electron chi connectivity index (χ3n) is 1.69. The summed E-state index contributed by atoms with van der Waals surface area (Å²) >= 11 is 0. The fourth-order valence-electron chi connectivity index (χ4n) is 1.29. The predicted molar refractivity (Wildman–Crippen MR) is 50.8 cm³/mol. The van der Waals surface area contributed by atoms with Crippen LogP contribution in [0.1, 0.15) is 34.1 Å². The van der Waals surface area contributed by atoms with Crippen LogP contribution >= 0.6 is 0 Å². The van der Waals surface area contributed by atoms with Gasteiger partial charge in [-0.1, -0.05) is 0 Å². The van der Waals surface area contributed by atoms with Gasteiger partial charge in [0.1, 0.15) is 0 Å². The molecule has 0 saturated carbocycles. The van der Waals surface area contributed by atoms with E-state index in [-0.39, 0.29) is 58.2 Å². The van der Waals surface area contributed by atoms with Gasteiger partial charge in [-0.05, 0) is 27.7 Å². The third-order valence-corrected chi connectivity index (χ3v) is 1.69. The van der Waals surface area contributed by atoms with E-state index in [0.29, 0.717) is 0 Å². The van der Waals surface area contributed by atoms with Crippen molar-refractivity contribution in [3.05, 3.63) is 23.8 Å². The molecule has 4 heteroatoms. The summed E-state index contributed by atoms with van der Waals surface area (Å²) in [6.45, 7) is 8.29. The van der Waals surface area contributed by atoms with Crippen LogP contribution in [0, 0.1) is 6.08 Å². The maximum absolute atomic E-state index is 5.77. The molecule has 1 radical (unpaired) electrons. The van der Waals surface area contributed by atoms with Gasteiger partial charge in [0.2, 0.25) is 0 Å². The zero-order valence-electron chi connectivity index (χ0n) is 9.60. The molecule has 0 aromatic carbocycles. The zero-order chi connectivity index (χ0) is 9.19. The maximum Gasteiger partial charge on any atom is 3.00 e. The van der Waals surface area contributed by atoms with Crippen LogP contribution in [0.25, 0.3) is 0 Å². The largest absolute Gasteiger partial charge is 3.00 e. The Balaban J connectivity index is -0.000000480. The summed E-state index contributed by atoms with van der Waals surface area (Å²) in [5, 5.41) is 0. The molecule has 1 unspecified atom stereocenters. The monoisotopic (exact) mass is 283 g/mol. The van der Waals surface area contributed by atoms with Gasteiger partial charge in [-0.15, -0.1) is 6.42 Å². The van der Waals surface area contributed by atoms with Crippen LogP contribution in [0.2, 0.25) is 0 Å². The first kappa shape index (κ1) is 21.1. The van der Waals surface area contributed by atoms with Crippen molar-refractivity contribution >= 4 is 0 Å². The van der Waals surface area contributed by atoms with Crippen LogP contribution in [-0.2, 0) is 26.5 Å². The molecule has 0 heterocycles. The second-order valence-corrected chi connectivity index (χ2v) is 4.11. The maximum atomic E-state index is 5.77. The van der Waals surface area contributed by atoms with Gasteiger partial charge in [0, 0.05) is 6.10 Å². The van der Waals surface area contributed by atoms with E-state index < -0.39 is 0 Å². The van der Waals surface area contributed by atoms with E-state index in [1.54, 1.807) is 0 Å². The van der Waals surface area contributed by atoms with Crippen LogP contribution < -0.4 is 24.8 Å². The summed E-state index contributed by atoms with van der Waals surface area (Å²) in [5.41, 5.74) is 1.12. The Hall–Kier alpha value is 0.734. The van der Waals surface area contributed by atoms with E-state index in [9.17, 15) is 0 Å². The molecular weight excluding hydrogens is 267 g/mol. The molecule has 0 saturated heterocycles. The molecule has 1 aliphatic rings. The molecule has 0 aromatic heterocycles. The van der Waals surface area contributed by atoms with Crippen molar-refractivity contribution in [3.8, 4) is 0 Å². The minimum atomic E-state index is -0.0650. The molecule has 0 N–H and O–H groups in total. The summed E-state index contributed by atoms with van der Waals surface area (Å²) in [6, 6.07) is 0. The summed E-state index contributed by atoms with van der Waals surface area (Å²) < 4.78 is 5.77. The van der Waals surface area contributed by atoms with Gasteiger partial charge in [0.15, 0.2) is 0 Å². The van der Waals surface area contributed by atoms with Crippen LogP contribution in [0.4, 0.5) is 0 Å². The molecule has 1 aliphatic carbocycles. The summed E-state index contributed by atoms with van der Waals surface area (Å²) in [7, 11) is 0. The predicted octanol–water partition coefficient (Wildman–Crippen LogP) is -3.12. The summed E-state index contributed by atoms with van der Waals surface area (Å²) in [5.74, 6) is 0. The van der Waals surface area contributed by atoms with Gasteiger partial charge < -0.3 is 29.6 Å². The molecule has 1 atom stereocenters. The molecule has 0 aliphatic heterocycles. The first-order chi connectivity index (χ1) is 5.49. The smallest absolute Gasteiger partial charge is 1.00 e. The van der Waals surface area contributed by atoms with Crippen LogP contribution in [0.5, 0.6) is 0 Å². The summed E-state index contributed by atoms with van der Waals surface area (Å²) in [6.07, 6.45) is 8.57. The molecule has 0 fully saturated rings. The first-order valence-electron chi connectivity index (χ1n) is 4.44. The fourth-order valence-corrected chi connectivity index (χ4v) is 1.29. The van der Waals surface area contributed by atoms with Gasteiger partial charge >= 0.3 is 21.7 Å². The van der Waals surface area contributed by atoms with Gasteiger partial charge in [-0.2, -0.15) is 11.6 Å². The average molecular weight is 284 g/mol. The fraction of sp³-hybridized carbons (Fsp3) is 0.636. The Bertz CT molecular complexity index is 219. The quantitative estimate of drug-likeness (QED) is 0.385. The molecule has 0 spiro atoms. The number of rotatable bonds is 2. The minimum Gasteiger partial charge on any atom is -1.00 e. The number of hydrogen-bond donors (Lipinski definition) is 0. The number of allylic oxidation sites excluding steroid dienone is 2. The Morgan fingerprint density at radius 3 is 2.20 bits per heavy atom. The van der Waals surface area contributed by atoms with Crippen molar-refractivity contribution in [2.45, 2.75) is 45.8 Å². The van der Waals surface area contributed by atoms with Crippen molar-refractivity contribution in [2.24, 2.45) is 0 Å². The van der Waals surface area contributed by atoms with Gasteiger partial charge in [-0.25, -0.2) is 6.08 Å². The molecular formula is C11H17Cl2OTi. The van der Waals surface area contributed by atoms with Crippen LogP contribution in [0.15, 0.2) is 17.7 Å². The Kier molecular flexibility index (Phi) is 12.4. The van der Waals surface area contributed by atoms with Crippen LogP contribution in [-0.4, -0.2) is 11.7 Å². The first-order valence-corrected chi connectivity index (χ1v) is 4.44. The molecule has 0 aromatic rings. The minimum absolute atomic E-state index is 0. The molecule has 0 amide bonds. The van der Waals surface area contributed by atoms with Crippen molar-refractivity contribution < 1.29 is 51.3 Å². The molecule has 85 valence electrons. The normalized spacial score (nSPS) is 15.6. The zero-order valence-corrected chi connectivity index (χ0v) is 12.7. The average Bonchev–Trinajstić information content (AvgIpc) is 2.32. The second kappa shape index (κ2) is 8.84. The van der Waals surface area contributed by atoms with Crippen LogP contribution in [0.3, 0.4) is 0 Å². The van der Waals surface area contributed by atoms with E-state index in [2.05, 4.69) is 45.9 Å². The standard InChI is InChI=1S/C11H17O.2ClH.Ti/c1-9(12-11(2,3)4)10-7-5-6-8-10;;;/h5,7,9H,6H2,1-4H3;2*1H;/q-1;;;+3/p-2. The molecule has 1 nitrogen and oxygen atoms in total. The number of hydrogen-bond acceptors (Lipinski definition) is 1. The Morgan fingerprint density at radius 1 is 1.33 bits per heavy atom. The number of ether oxygens (including phenoxy) is 1. The third kappa shape index (κ3) is 8.53. The molecule has 0 bridgehead atoms.